The van der Waals surface area contributed by atoms with Crippen molar-refractivity contribution in [3.05, 3.63) is 83.4 Å². The van der Waals surface area contributed by atoms with E-state index in [1.165, 1.54) is 24.3 Å². The number of aryl methyl sites for hydroxylation is 1. The van der Waals surface area contributed by atoms with Crippen LogP contribution in [0.2, 0.25) is 0 Å². The van der Waals surface area contributed by atoms with Crippen LogP contribution in [0.15, 0.2) is 65.7 Å². The normalized spacial score (nSPS) is 20.8. The summed E-state index contributed by atoms with van der Waals surface area (Å²) in [5.74, 6) is 0.443. The zero-order chi connectivity index (χ0) is 23.9. The van der Waals surface area contributed by atoms with Crippen LogP contribution in [0.4, 0.5) is 4.39 Å². The van der Waals surface area contributed by atoms with Crippen LogP contribution in [0.5, 0.6) is 5.75 Å². The average molecular weight is 462 g/mol. The van der Waals surface area contributed by atoms with E-state index in [1.54, 1.807) is 24.4 Å². The molecule has 3 aromatic rings. The third-order valence-electron chi connectivity index (χ3n) is 6.11. The van der Waals surface area contributed by atoms with Gasteiger partial charge in [0.05, 0.1) is 38.0 Å². The summed E-state index contributed by atoms with van der Waals surface area (Å²) in [6, 6.07) is 11.2. The van der Waals surface area contributed by atoms with Crippen molar-refractivity contribution in [2.45, 2.75) is 12.5 Å². The fraction of sp³-hybridized carbons (Fsp3) is 0.240. The molecule has 0 bridgehead atoms. The number of hydrogen-bond donors (Lipinski definition) is 1. The number of morpholine rings is 1. The summed E-state index contributed by atoms with van der Waals surface area (Å²) in [6.45, 7) is 2.06. The van der Waals surface area contributed by atoms with Crippen molar-refractivity contribution < 1.29 is 23.8 Å². The van der Waals surface area contributed by atoms with Crippen molar-refractivity contribution in [1.82, 2.24) is 14.5 Å². The van der Waals surface area contributed by atoms with E-state index in [0.29, 0.717) is 36.1 Å². The second-order valence-corrected chi connectivity index (χ2v) is 8.13. The second-order valence-electron chi connectivity index (χ2n) is 8.13. The van der Waals surface area contributed by atoms with Gasteiger partial charge >= 0.3 is 0 Å². The van der Waals surface area contributed by atoms with Crippen molar-refractivity contribution in [3.63, 3.8) is 0 Å². The summed E-state index contributed by atoms with van der Waals surface area (Å²) < 4.78 is 26.8. The molecule has 1 unspecified atom stereocenters. The van der Waals surface area contributed by atoms with Crippen LogP contribution in [0.1, 0.15) is 16.8 Å². The van der Waals surface area contributed by atoms with Crippen LogP contribution in [-0.2, 0) is 15.1 Å². The van der Waals surface area contributed by atoms with Gasteiger partial charge in [-0.25, -0.2) is 9.37 Å². The molecule has 1 atom stereocenters. The standard InChI is InChI=1S/C25H23FN4O4/c1-16-13-29(15-27-16)20-8-3-17(11-21(20)33-2)12-22-23-28-24(32)25(14-31,30(23)9-10-34-22)18-4-6-19(26)7-5-18/h3-8,11-13,15,31H,9-10,14H2,1-2H3/b22-12+. The number of aliphatic imine (C=N–C) groups is 1. The lowest BCUT2D eigenvalue weighted by atomic mass is 9.88. The number of aliphatic hydroxyl groups excluding tert-OH is 1. The Morgan fingerprint density at radius 3 is 2.74 bits per heavy atom. The molecule has 2 aliphatic rings. The molecule has 0 radical (unpaired) electrons. The first-order chi connectivity index (χ1) is 16.5. The number of imidazole rings is 1. The minimum Gasteiger partial charge on any atom is -0.495 e. The van der Waals surface area contributed by atoms with Gasteiger partial charge in [0.1, 0.15) is 18.2 Å². The smallest absolute Gasteiger partial charge is 0.280 e. The number of carbonyl (C=O) groups is 1. The average Bonchev–Trinajstić information content (AvgIpc) is 3.40. The van der Waals surface area contributed by atoms with Crippen LogP contribution in [-0.4, -0.2) is 58.2 Å². The minimum absolute atomic E-state index is 0.296. The van der Waals surface area contributed by atoms with E-state index in [-0.39, 0.29) is 0 Å². The Balaban J connectivity index is 1.51. The SMILES string of the molecule is COc1cc(/C=C2/OCCN3C2=NC(=O)C3(CO)c2ccc(F)cc2)ccc1-n1cnc(C)c1. The first-order valence-electron chi connectivity index (χ1n) is 10.8. The number of hydrogen-bond acceptors (Lipinski definition) is 6. The molecule has 9 heteroatoms. The Labute approximate surface area is 195 Å². The van der Waals surface area contributed by atoms with E-state index in [2.05, 4.69) is 9.98 Å². The van der Waals surface area contributed by atoms with E-state index in [1.807, 2.05) is 35.9 Å². The van der Waals surface area contributed by atoms with Gasteiger partial charge in [-0.3, -0.25) is 4.79 Å². The highest BCUT2D eigenvalue weighted by Crippen LogP contribution is 2.38. The van der Waals surface area contributed by atoms with Gasteiger partial charge in [0, 0.05) is 6.20 Å². The molecular formula is C25H23FN4O4. The zero-order valence-electron chi connectivity index (χ0n) is 18.7. The van der Waals surface area contributed by atoms with Crippen molar-refractivity contribution in [3.8, 4) is 11.4 Å². The Hall–Kier alpha value is -3.98. The molecule has 3 heterocycles. The van der Waals surface area contributed by atoms with Crippen LogP contribution in [0.3, 0.4) is 0 Å². The van der Waals surface area contributed by atoms with Crippen LogP contribution >= 0.6 is 0 Å². The van der Waals surface area contributed by atoms with Crippen molar-refractivity contribution in [2.75, 3.05) is 26.9 Å². The molecule has 8 nitrogen and oxygen atoms in total. The van der Waals surface area contributed by atoms with Gasteiger partial charge in [0.25, 0.3) is 5.91 Å². The largest absolute Gasteiger partial charge is 0.495 e. The molecule has 174 valence electrons. The molecular weight excluding hydrogens is 439 g/mol. The van der Waals surface area contributed by atoms with Gasteiger partial charge in [-0.15, -0.1) is 0 Å². The molecule has 2 aromatic carbocycles. The summed E-state index contributed by atoms with van der Waals surface area (Å²) in [5, 5.41) is 10.3. The Morgan fingerprint density at radius 2 is 2.06 bits per heavy atom. The number of amides is 1. The minimum atomic E-state index is -1.41. The maximum absolute atomic E-state index is 13.5. The highest BCUT2D eigenvalue weighted by molar-refractivity contribution is 6.14. The van der Waals surface area contributed by atoms with Crippen LogP contribution in [0.25, 0.3) is 11.8 Å². The van der Waals surface area contributed by atoms with Crippen LogP contribution < -0.4 is 4.74 Å². The van der Waals surface area contributed by atoms with E-state index >= 15 is 0 Å². The van der Waals surface area contributed by atoms with Gasteiger partial charge in [-0.2, -0.15) is 4.99 Å². The number of nitrogens with zero attached hydrogens (tertiary/aromatic N) is 4. The quantitative estimate of drug-likeness (QED) is 0.627. The van der Waals surface area contributed by atoms with Crippen molar-refractivity contribution in [1.29, 1.82) is 0 Å². The van der Waals surface area contributed by atoms with Gasteiger partial charge < -0.3 is 24.0 Å². The van der Waals surface area contributed by atoms with E-state index in [4.69, 9.17) is 9.47 Å². The third-order valence-corrected chi connectivity index (χ3v) is 6.11. The van der Waals surface area contributed by atoms with Gasteiger partial charge in [0.15, 0.2) is 17.1 Å². The Bertz CT molecular complexity index is 1310. The molecule has 0 aliphatic carbocycles. The first kappa shape index (κ1) is 21.8. The number of ether oxygens (including phenoxy) is 2. The monoisotopic (exact) mass is 462 g/mol. The Kier molecular flexibility index (Phi) is 5.41. The number of fused-ring (bicyclic) bond motifs is 1. The fourth-order valence-corrected chi connectivity index (χ4v) is 4.40. The summed E-state index contributed by atoms with van der Waals surface area (Å²) in [7, 11) is 1.59. The third kappa shape index (κ3) is 3.45. The molecule has 1 N–H and O–H groups in total. The first-order valence-corrected chi connectivity index (χ1v) is 10.8. The lowest BCUT2D eigenvalue weighted by molar-refractivity contribution is -0.128. The highest BCUT2D eigenvalue weighted by Gasteiger charge is 2.53. The number of aromatic nitrogens is 2. The highest BCUT2D eigenvalue weighted by atomic mass is 19.1. The molecule has 2 aliphatic heterocycles. The molecule has 1 saturated heterocycles. The fourth-order valence-electron chi connectivity index (χ4n) is 4.40. The summed E-state index contributed by atoms with van der Waals surface area (Å²) in [6.07, 6.45) is 5.40. The van der Waals surface area contributed by atoms with Gasteiger partial charge in [-0.05, 0) is 48.4 Å². The number of halogens is 1. The molecule has 34 heavy (non-hydrogen) atoms. The van der Waals surface area contributed by atoms with E-state index in [9.17, 15) is 14.3 Å². The molecule has 1 amide bonds. The van der Waals surface area contributed by atoms with Gasteiger partial charge in [0.2, 0.25) is 0 Å². The number of amidine groups is 1. The zero-order valence-corrected chi connectivity index (χ0v) is 18.7. The lowest BCUT2D eigenvalue weighted by Crippen LogP contribution is -2.54. The molecule has 1 aromatic heterocycles. The van der Waals surface area contributed by atoms with E-state index < -0.39 is 23.9 Å². The maximum Gasteiger partial charge on any atom is 0.280 e. The number of aliphatic hydroxyl groups is 1. The number of benzene rings is 2. The number of carbonyl (C=O) groups excluding carboxylic acids is 1. The van der Waals surface area contributed by atoms with Crippen LogP contribution in [0, 0.1) is 12.7 Å². The van der Waals surface area contributed by atoms with Crippen molar-refractivity contribution in [2.24, 2.45) is 4.99 Å². The number of rotatable bonds is 5. The van der Waals surface area contributed by atoms with Gasteiger partial charge in [-0.1, -0.05) is 18.2 Å². The molecule has 1 fully saturated rings. The number of methoxy groups -OCH3 is 1. The molecule has 0 spiro atoms. The van der Waals surface area contributed by atoms with Crippen molar-refractivity contribution >= 4 is 17.8 Å². The predicted molar refractivity (Wildman–Crippen MR) is 123 cm³/mol. The maximum atomic E-state index is 13.5. The topological polar surface area (TPSA) is 89.2 Å². The second kappa shape index (κ2) is 8.42. The molecule has 5 rings (SSSR count). The summed E-state index contributed by atoms with van der Waals surface area (Å²) in [5.41, 5.74) is 1.57. The summed E-state index contributed by atoms with van der Waals surface area (Å²) >= 11 is 0. The predicted octanol–water partition coefficient (Wildman–Crippen LogP) is 2.83. The molecule has 0 saturated carbocycles. The Morgan fingerprint density at radius 1 is 1.26 bits per heavy atom. The lowest BCUT2D eigenvalue weighted by Gasteiger charge is -2.40. The summed E-state index contributed by atoms with van der Waals surface area (Å²) in [4.78, 5) is 23.3. The van der Waals surface area contributed by atoms with E-state index in [0.717, 1.165) is 16.9 Å².